The quantitative estimate of drug-likeness (QED) is 0.788. The zero-order valence-corrected chi connectivity index (χ0v) is 15.1. The van der Waals surface area contributed by atoms with E-state index < -0.39 is 0 Å². The van der Waals surface area contributed by atoms with Gasteiger partial charge in [-0.1, -0.05) is 27.7 Å². The van der Waals surface area contributed by atoms with Gasteiger partial charge in [-0.25, -0.2) is 0 Å². The largest absolute Gasteiger partial charge is 0.330 e. The fraction of sp³-hybridized carbons (Fsp3) is 0.800. The molecule has 0 radical (unpaired) electrons. The molecule has 116 valence electrons. The minimum absolute atomic E-state index is 0.146. The smallest absolute Gasteiger partial charge is 0.0767 e. The third kappa shape index (κ3) is 4.30. The van der Waals surface area contributed by atoms with E-state index in [-0.39, 0.29) is 5.41 Å². The van der Waals surface area contributed by atoms with Gasteiger partial charge in [-0.3, -0.25) is 9.58 Å². The van der Waals surface area contributed by atoms with Gasteiger partial charge in [0.25, 0.3) is 0 Å². The first-order valence-corrected chi connectivity index (χ1v) is 8.34. The maximum Gasteiger partial charge on any atom is 0.0767 e. The van der Waals surface area contributed by atoms with Crippen LogP contribution in [0.15, 0.2) is 4.47 Å². The lowest BCUT2D eigenvalue weighted by molar-refractivity contribution is 0.179. The van der Waals surface area contributed by atoms with Crippen LogP contribution in [0.3, 0.4) is 0 Å². The van der Waals surface area contributed by atoms with Crippen molar-refractivity contribution in [2.45, 2.75) is 54.1 Å². The highest BCUT2D eigenvalue weighted by atomic mass is 79.9. The van der Waals surface area contributed by atoms with E-state index in [0.717, 1.165) is 38.3 Å². The molecule has 1 rings (SSSR count). The maximum atomic E-state index is 5.86. The molecule has 0 amide bonds. The van der Waals surface area contributed by atoms with E-state index in [1.807, 2.05) is 0 Å². The first kappa shape index (κ1) is 17.7. The highest BCUT2D eigenvalue weighted by Crippen LogP contribution is 2.25. The van der Waals surface area contributed by atoms with E-state index in [0.29, 0.717) is 6.54 Å². The number of halogens is 1. The molecular weight excluding hydrogens is 316 g/mol. The molecule has 0 aromatic carbocycles. The Kier molecular flexibility index (Phi) is 6.69. The summed E-state index contributed by atoms with van der Waals surface area (Å²) < 4.78 is 3.28. The third-order valence-electron chi connectivity index (χ3n) is 3.72. The molecule has 0 spiro atoms. The summed E-state index contributed by atoms with van der Waals surface area (Å²) in [4.78, 5) is 2.44. The second-order valence-electron chi connectivity index (χ2n) is 6.05. The summed E-state index contributed by atoms with van der Waals surface area (Å²) in [6.45, 7) is 15.5. The number of rotatable bonds is 8. The summed E-state index contributed by atoms with van der Waals surface area (Å²) >= 11 is 3.72. The van der Waals surface area contributed by atoms with Crippen molar-refractivity contribution >= 4 is 15.9 Å². The Labute approximate surface area is 131 Å². The Morgan fingerprint density at radius 2 is 1.95 bits per heavy atom. The summed E-state index contributed by atoms with van der Waals surface area (Å²) in [7, 11) is 0. The number of aromatic nitrogens is 2. The fourth-order valence-corrected chi connectivity index (χ4v) is 3.02. The summed E-state index contributed by atoms with van der Waals surface area (Å²) in [5.74, 6) is 0. The minimum Gasteiger partial charge on any atom is -0.330 e. The lowest BCUT2D eigenvalue weighted by atomic mass is 9.93. The molecule has 1 heterocycles. The maximum absolute atomic E-state index is 5.86. The number of aryl methyl sites for hydroxylation is 2. The van der Waals surface area contributed by atoms with Gasteiger partial charge in [-0.15, -0.1) is 0 Å². The Bertz CT molecular complexity index is 426. The van der Waals surface area contributed by atoms with E-state index in [9.17, 15) is 0 Å². The Morgan fingerprint density at radius 3 is 2.40 bits per heavy atom. The SMILES string of the molecule is CCc1nn(CC)c(CN(CC)CC(C)(C)CN)c1Br. The average Bonchev–Trinajstić information content (AvgIpc) is 2.74. The molecule has 20 heavy (non-hydrogen) atoms. The second-order valence-corrected chi connectivity index (χ2v) is 6.84. The minimum atomic E-state index is 0.146. The highest BCUT2D eigenvalue weighted by molar-refractivity contribution is 9.10. The van der Waals surface area contributed by atoms with Gasteiger partial charge >= 0.3 is 0 Å². The van der Waals surface area contributed by atoms with Crippen LogP contribution in [-0.4, -0.2) is 34.3 Å². The van der Waals surface area contributed by atoms with Crippen molar-refractivity contribution in [3.05, 3.63) is 15.9 Å². The molecule has 4 nitrogen and oxygen atoms in total. The van der Waals surface area contributed by atoms with E-state index in [2.05, 4.69) is 65.2 Å². The van der Waals surface area contributed by atoms with Crippen molar-refractivity contribution in [2.24, 2.45) is 11.1 Å². The first-order valence-electron chi connectivity index (χ1n) is 7.54. The summed E-state index contributed by atoms with van der Waals surface area (Å²) in [5, 5.41) is 4.67. The predicted octanol–water partition coefficient (Wildman–Crippen LogP) is 3.03. The van der Waals surface area contributed by atoms with Gasteiger partial charge in [0.15, 0.2) is 0 Å². The lowest BCUT2D eigenvalue weighted by Crippen LogP contribution is -2.38. The van der Waals surface area contributed by atoms with Crippen molar-refractivity contribution in [1.29, 1.82) is 0 Å². The van der Waals surface area contributed by atoms with Crippen LogP contribution in [0.4, 0.5) is 0 Å². The molecule has 0 saturated heterocycles. The summed E-state index contributed by atoms with van der Waals surface area (Å²) in [5.41, 5.74) is 8.43. The van der Waals surface area contributed by atoms with Gasteiger partial charge in [-0.05, 0) is 47.8 Å². The van der Waals surface area contributed by atoms with Gasteiger partial charge in [0.2, 0.25) is 0 Å². The van der Waals surface area contributed by atoms with Crippen molar-refractivity contribution < 1.29 is 0 Å². The van der Waals surface area contributed by atoms with Crippen LogP contribution in [0.2, 0.25) is 0 Å². The summed E-state index contributed by atoms with van der Waals surface area (Å²) in [6, 6.07) is 0. The molecule has 0 bridgehead atoms. The Morgan fingerprint density at radius 1 is 1.30 bits per heavy atom. The van der Waals surface area contributed by atoms with Crippen LogP contribution in [0.1, 0.15) is 46.0 Å². The second kappa shape index (κ2) is 7.57. The van der Waals surface area contributed by atoms with Crippen LogP contribution >= 0.6 is 15.9 Å². The zero-order chi connectivity index (χ0) is 15.3. The van der Waals surface area contributed by atoms with E-state index in [1.165, 1.54) is 10.2 Å². The normalized spacial score (nSPS) is 12.4. The monoisotopic (exact) mass is 344 g/mol. The van der Waals surface area contributed by atoms with Gasteiger partial charge in [0, 0.05) is 19.6 Å². The van der Waals surface area contributed by atoms with Crippen molar-refractivity contribution in [3.63, 3.8) is 0 Å². The molecule has 0 saturated carbocycles. The van der Waals surface area contributed by atoms with Crippen molar-refractivity contribution in [2.75, 3.05) is 19.6 Å². The predicted molar refractivity (Wildman–Crippen MR) is 88.8 cm³/mol. The van der Waals surface area contributed by atoms with Crippen LogP contribution in [0.25, 0.3) is 0 Å². The van der Waals surface area contributed by atoms with E-state index >= 15 is 0 Å². The van der Waals surface area contributed by atoms with Gasteiger partial charge in [-0.2, -0.15) is 5.10 Å². The Balaban J connectivity index is 2.92. The zero-order valence-electron chi connectivity index (χ0n) is 13.5. The lowest BCUT2D eigenvalue weighted by Gasteiger charge is -2.31. The van der Waals surface area contributed by atoms with Crippen LogP contribution in [0.5, 0.6) is 0 Å². The van der Waals surface area contributed by atoms with Crippen LogP contribution < -0.4 is 5.73 Å². The van der Waals surface area contributed by atoms with Gasteiger partial charge < -0.3 is 5.73 Å². The molecule has 2 N–H and O–H groups in total. The standard InChI is InChI=1S/C15H29BrN4/c1-6-12-14(16)13(20(8-3)18-12)9-19(7-2)11-15(4,5)10-17/h6-11,17H2,1-5H3. The van der Waals surface area contributed by atoms with Crippen molar-refractivity contribution in [3.8, 4) is 0 Å². The molecule has 0 aliphatic carbocycles. The molecule has 0 unspecified atom stereocenters. The molecule has 1 aromatic heterocycles. The van der Waals surface area contributed by atoms with Crippen LogP contribution in [0, 0.1) is 5.41 Å². The van der Waals surface area contributed by atoms with Crippen LogP contribution in [-0.2, 0) is 19.5 Å². The molecule has 0 atom stereocenters. The van der Waals surface area contributed by atoms with E-state index in [4.69, 9.17) is 5.73 Å². The molecule has 5 heteroatoms. The number of nitrogens with zero attached hydrogens (tertiary/aromatic N) is 3. The average molecular weight is 345 g/mol. The summed E-state index contributed by atoms with van der Waals surface area (Å²) in [6.07, 6.45) is 0.959. The van der Waals surface area contributed by atoms with E-state index in [1.54, 1.807) is 0 Å². The Hall–Kier alpha value is -0.390. The third-order valence-corrected chi connectivity index (χ3v) is 4.63. The van der Waals surface area contributed by atoms with Gasteiger partial charge in [0.05, 0.1) is 15.9 Å². The fourth-order valence-electron chi connectivity index (χ4n) is 2.33. The topological polar surface area (TPSA) is 47.1 Å². The molecule has 0 aliphatic rings. The molecular formula is C15H29BrN4. The molecule has 0 aliphatic heterocycles. The number of hydrogen-bond donors (Lipinski definition) is 1. The van der Waals surface area contributed by atoms with Gasteiger partial charge in [0.1, 0.15) is 0 Å². The van der Waals surface area contributed by atoms with Crippen molar-refractivity contribution in [1.82, 2.24) is 14.7 Å². The number of hydrogen-bond acceptors (Lipinski definition) is 3. The molecule has 0 fully saturated rings. The first-order chi connectivity index (χ1) is 9.38. The molecule has 1 aromatic rings. The number of nitrogens with two attached hydrogens (primary N) is 1. The highest BCUT2D eigenvalue weighted by Gasteiger charge is 2.22.